The Morgan fingerprint density at radius 3 is 3.25 bits per heavy atom. The van der Waals surface area contributed by atoms with Crippen molar-refractivity contribution in [2.45, 2.75) is 19.3 Å². The lowest BCUT2D eigenvalue weighted by Crippen LogP contribution is -2.15. The highest BCUT2D eigenvalue weighted by Gasteiger charge is 2.25. The first kappa shape index (κ1) is 7.59. The second kappa shape index (κ2) is 2.77. The van der Waals surface area contributed by atoms with Crippen molar-refractivity contribution in [2.24, 2.45) is 0 Å². The fourth-order valence-corrected chi connectivity index (χ4v) is 1.91. The summed E-state index contributed by atoms with van der Waals surface area (Å²) in [5.41, 5.74) is 1.42. The summed E-state index contributed by atoms with van der Waals surface area (Å²) < 4.78 is 0. The van der Waals surface area contributed by atoms with Gasteiger partial charge in [-0.15, -0.1) is 0 Å². The molecule has 2 rings (SSSR count). The first-order chi connectivity index (χ1) is 5.83. The molecule has 64 valence electrons. The van der Waals surface area contributed by atoms with Crippen LogP contribution in [-0.4, -0.2) is 18.6 Å². The number of anilines is 1. The zero-order valence-corrected chi connectivity index (χ0v) is 7.62. The molecular formula is C10H14N2. The van der Waals surface area contributed by atoms with Gasteiger partial charge in [0.1, 0.15) is 5.82 Å². The quantitative estimate of drug-likeness (QED) is 0.628. The fourth-order valence-electron chi connectivity index (χ4n) is 1.91. The van der Waals surface area contributed by atoms with Gasteiger partial charge in [-0.1, -0.05) is 13.0 Å². The molecule has 12 heavy (non-hydrogen) atoms. The molecule has 1 atom stereocenters. The molecule has 0 N–H and O–H groups in total. The van der Waals surface area contributed by atoms with Crippen LogP contribution in [0.1, 0.15) is 24.8 Å². The Morgan fingerprint density at radius 1 is 1.67 bits per heavy atom. The molecule has 0 aliphatic carbocycles. The van der Waals surface area contributed by atoms with E-state index >= 15 is 0 Å². The maximum absolute atomic E-state index is 4.36. The molecule has 0 saturated heterocycles. The summed E-state index contributed by atoms with van der Waals surface area (Å²) in [7, 11) is 2.11. The first-order valence-electron chi connectivity index (χ1n) is 4.49. The molecule has 0 saturated carbocycles. The van der Waals surface area contributed by atoms with Crippen LogP contribution in [0, 0.1) is 0 Å². The Morgan fingerprint density at radius 2 is 2.50 bits per heavy atom. The van der Waals surface area contributed by atoms with Crippen molar-refractivity contribution in [1.29, 1.82) is 0 Å². The van der Waals surface area contributed by atoms with Crippen molar-refractivity contribution in [2.75, 3.05) is 18.5 Å². The maximum Gasteiger partial charge on any atom is 0.131 e. The summed E-state index contributed by atoms with van der Waals surface area (Å²) in [6, 6.07) is 4.22. The zero-order valence-electron chi connectivity index (χ0n) is 7.62. The van der Waals surface area contributed by atoms with Gasteiger partial charge < -0.3 is 4.90 Å². The summed E-state index contributed by atoms with van der Waals surface area (Å²) >= 11 is 0. The van der Waals surface area contributed by atoms with Gasteiger partial charge in [-0.3, -0.25) is 0 Å². The molecule has 1 aliphatic heterocycles. The Labute approximate surface area is 73.2 Å². The second-order valence-electron chi connectivity index (χ2n) is 3.40. The summed E-state index contributed by atoms with van der Waals surface area (Å²) in [6.45, 7) is 3.36. The van der Waals surface area contributed by atoms with Crippen LogP contribution >= 0.6 is 0 Å². The van der Waals surface area contributed by atoms with E-state index in [0.29, 0.717) is 5.92 Å². The first-order valence-corrected chi connectivity index (χ1v) is 4.49. The number of aromatic nitrogens is 1. The smallest absolute Gasteiger partial charge is 0.131 e. The average molecular weight is 162 g/mol. The summed E-state index contributed by atoms with van der Waals surface area (Å²) in [5.74, 6) is 1.86. The molecule has 1 aliphatic rings. The van der Waals surface area contributed by atoms with E-state index < -0.39 is 0 Å². The highest BCUT2D eigenvalue weighted by Crippen LogP contribution is 2.34. The van der Waals surface area contributed by atoms with Crippen LogP contribution in [0.3, 0.4) is 0 Å². The molecule has 2 heterocycles. The molecular weight excluding hydrogens is 148 g/mol. The van der Waals surface area contributed by atoms with Crippen LogP contribution in [-0.2, 0) is 0 Å². The predicted molar refractivity (Wildman–Crippen MR) is 50.5 cm³/mol. The minimum Gasteiger partial charge on any atom is -0.359 e. The minimum absolute atomic E-state index is 0.693. The van der Waals surface area contributed by atoms with E-state index in [0.717, 1.165) is 6.54 Å². The van der Waals surface area contributed by atoms with Crippen molar-refractivity contribution in [3.8, 4) is 0 Å². The normalized spacial score (nSPS) is 21.2. The number of hydrogen-bond acceptors (Lipinski definition) is 2. The Bertz CT molecular complexity index is 283. The van der Waals surface area contributed by atoms with E-state index in [1.807, 2.05) is 12.3 Å². The topological polar surface area (TPSA) is 16.1 Å². The summed E-state index contributed by atoms with van der Waals surface area (Å²) in [6.07, 6.45) is 3.08. The number of fused-ring (bicyclic) bond motifs is 1. The van der Waals surface area contributed by atoms with Crippen molar-refractivity contribution >= 4 is 5.82 Å². The van der Waals surface area contributed by atoms with Crippen molar-refractivity contribution < 1.29 is 0 Å². The van der Waals surface area contributed by atoms with Crippen LogP contribution in [0.25, 0.3) is 0 Å². The Hall–Kier alpha value is -1.05. The van der Waals surface area contributed by atoms with Crippen molar-refractivity contribution in [1.82, 2.24) is 4.98 Å². The predicted octanol–water partition coefficient (Wildman–Crippen LogP) is 2.02. The number of likely N-dealkylation sites (N-methyl/N-ethyl adjacent to an activating group) is 1. The summed E-state index contributed by atoms with van der Waals surface area (Å²) in [5, 5.41) is 0. The van der Waals surface area contributed by atoms with Gasteiger partial charge in [0.15, 0.2) is 0 Å². The third-order valence-corrected chi connectivity index (χ3v) is 2.61. The number of pyridine rings is 1. The molecule has 0 spiro atoms. The van der Waals surface area contributed by atoms with Crippen LogP contribution in [0.4, 0.5) is 5.82 Å². The number of nitrogens with zero attached hydrogens (tertiary/aromatic N) is 2. The molecule has 2 heteroatoms. The van der Waals surface area contributed by atoms with Gasteiger partial charge in [0, 0.05) is 25.7 Å². The van der Waals surface area contributed by atoms with Gasteiger partial charge in [-0.2, -0.15) is 0 Å². The van der Waals surface area contributed by atoms with Gasteiger partial charge in [-0.25, -0.2) is 4.98 Å². The van der Waals surface area contributed by atoms with E-state index in [4.69, 9.17) is 0 Å². The van der Waals surface area contributed by atoms with E-state index in [1.165, 1.54) is 17.8 Å². The highest BCUT2D eigenvalue weighted by atomic mass is 15.2. The molecule has 1 unspecified atom stereocenters. The lowest BCUT2D eigenvalue weighted by atomic mass is 10.0. The zero-order chi connectivity index (χ0) is 8.55. The lowest BCUT2D eigenvalue weighted by molar-refractivity contribution is 0.696. The standard InChI is InChI=1S/C10H14N2/c1-3-8-7-12(2)10-9(8)5-4-6-11-10/h4-6,8H,3,7H2,1-2H3. The van der Waals surface area contributed by atoms with Gasteiger partial charge in [-0.05, 0) is 18.1 Å². The van der Waals surface area contributed by atoms with Crippen LogP contribution in [0.2, 0.25) is 0 Å². The van der Waals surface area contributed by atoms with Gasteiger partial charge in [0.25, 0.3) is 0 Å². The van der Waals surface area contributed by atoms with Gasteiger partial charge in [0.2, 0.25) is 0 Å². The second-order valence-corrected chi connectivity index (χ2v) is 3.40. The van der Waals surface area contributed by atoms with E-state index in [2.05, 4.69) is 29.9 Å². The largest absolute Gasteiger partial charge is 0.359 e. The van der Waals surface area contributed by atoms with Gasteiger partial charge in [0.05, 0.1) is 0 Å². The number of hydrogen-bond donors (Lipinski definition) is 0. The molecule has 1 aromatic rings. The molecule has 0 fully saturated rings. The average Bonchev–Trinajstić information content (AvgIpc) is 2.44. The van der Waals surface area contributed by atoms with Crippen LogP contribution in [0.5, 0.6) is 0 Å². The van der Waals surface area contributed by atoms with E-state index in [9.17, 15) is 0 Å². The monoisotopic (exact) mass is 162 g/mol. The molecule has 0 radical (unpaired) electrons. The summed E-state index contributed by atoms with van der Waals surface area (Å²) in [4.78, 5) is 6.60. The Kier molecular flexibility index (Phi) is 1.75. The van der Waals surface area contributed by atoms with E-state index in [-0.39, 0.29) is 0 Å². The van der Waals surface area contributed by atoms with Crippen molar-refractivity contribution in [3.05, 3.63) is 23.9 Å². The number of rotatable bonds is 1. The molecule has 0 amide bonds. The molecule has 0 bridgehead atoms. The highest BCUT2D eigenvalue weighted by molar-refractivity contribution is 5.53. The molecule has 0 aromatic carbocycles. The molecule has 2 nitrogen and oxygen atoms in total. The van der Waals surface area contributed by atoms with Crippen molar-refractivity contribution in [3.63, 3.8) is 0 Å². The fraction of sp³-hybridized carbons (Fsp3) is 0.500. The van der Waals surface area contributed by atoms with Gasteiger partial charge >= 0.3 is 0 Å². The van der Waals surface area contributed by atoms with Crippen LogP contribution in [0.15, 0.2) is 18.3 Å². The third kappa shape index (κ3) is 0.986. The van der Waals surface area contributed by atoms with E-state index in [1.54, 1.807) is 0 Å². The maximum atomic E-state index is 4.36. The Balaban J connectivity index is 2.43. The minimum atomic E-state index is 0.693. The van der Waals surface area contributed by atoms with Crippen LogP contribution < -0.4 is 4.90 Å². The molecule has 1 aromatic heterocycles. The third-order valence-electron chi connectivity index (χ3n) is 2.61. The lowest BCUT2D eigenvalue weighted by Gasteiger charge is -2.09. The SMILES string of the molecule is CCC1CN(C)c2ncccc21.